The Balaban J connectivity index is 1.43. The molecule has 0 bridgehead atoms. The van der Waals surface area contributed by atoms with Crippen LogP contribution in [-0.4, -0.2) is 21.2 Å². The number of carbonyl (C=O) groups excluding carboxylic acids is 1. The zero-order valence-corrected chi connectivity index (χ0v) is 17.4. The number of halogens is 2. The molecular formula is C25H22F2N4O. The molecule has 3 aromatic rings. The molecule has 5 rings (SSSR count). The molecule has 1 fully saturated rings. The summed E-state index contributed by atoms with van der Waals surface area (Å²) in [5, 5.41) is 2.62. The summed E-state index contributed by atoms with van der Waals surface area (Å²) >= 11 is 0. The number of anilines is 1. The number of carbonyl (C=O) groups is 1. The molecule has 0 unspecified atom stereocenters. The molecule has 0 radical (unpaired) electrons. The summed E-state index contributed by atoms with van der Waals surface area (Å²) in [7, 11) is 0. The van der Waals surface area contributed by atoms with Gasteiger partial charge in [0.2, 0.25) is 0 Å². The second kappa shape index (κ2) is 8.49. The number of imidazole rings is 1. The third kappa shape index (κ3) is 3.86. The maximum atomic E-state index is 13.9. The van der Waals surface area contributed by atoms with Crippen molar-refractivity contribution in [2.45, 2.75) is 38.1 Å². The Kier molecular flexibility index (Phi) is 5.39. The highest BCUT2D eigenvalue weighted by Gasteiger charge is 2.28. The number of aromatic nitrogens is 2. The van der Waals surface area contributed by atoms with Gasteiger partial charge in [0.25, 0.3) is 5.91 Å². The smallest absolute Gasteiger partial charge is 0.253 e. The summed E-state index contributed by atoms with van der Waals surface area (Å²) in [5.41, 5.74) is 3.69. The molecule has 32 heavy (non-hydrogen) atoms. The molecule has 1 amide bonds. The molecule has 0 spiro atoms. The van der Waals surface area contributed by atoms with E-state index in [4.69, 9.17) is 0 Å². The van der Waals surface area contributed by atoms with Gasteiger partial charge in [0.15, 0.2) is 0 Å². The van der Waals surface area contributed by atoms with E-state index in [9.17, 15) is 13.6 Å². The summed E-state index contributed by atoms with van der Waals surface area (Å²) in [6.45, 7) is 0. The summed E-state index contributed by atoms with van der Waals surface area (Å²) in [6.07, 6.45) is 8.12. The van der Waals surface area contributed by atoms with Crippen LogP contribution in [0.15, 0.2) is 71.6 Å². The first-order chi connectivity index (χ1) is 15.6. The average Bonchev–Trinajstić information content (AvgIpc) is 3.55. The molecule has 1 aliphatic carbocycles. The Hall–Kier alpha value is -3.61. The average molecular weight is 432 g/mol. The van der Waals surface area contributed by atoms with E-state index in [0.29, 0.717) is 18.0 Å². The summed E-state index contributed by atoms with van der Waals surface area (Å²) < 4.78 is 29.6. The normalized spacial score (nSPS) is 16.2. The summed E-state index contributed by atoms with van der Waals surface area (Å²) in [6, 6.07) is 12.6. The lowest BCUT2D eigenvalue weighted by Gasteiger charge is -2.17. The number of hydrogen-bond acceptors (Lipinski definition) is 3. The largest absolute Gasteiger partial charge is 0.326 e. The van der Waals surface area contributed by atoms with E-state index in [-0.39, 0.29) is 17.4 Å². The number of nitrogens with one attached hydrogen (secondary N) is 1. The van der Waals surface area contributed by atoms with Gasteiger partial charge < -0.3 is 9.88 Å². The SMILES string of the molecule is O=C(Nc1ccccc1F)C1=CN=C(c2c(-c3ccc(F)cc3)ncn2C2CCCC2)C1. The Morgan fingerprint density at radius 3 is 2.53 bits per heavy atom. The van der Waals surface area contributed by atoms with E-state index in [0.717, 1.165) is 48.3 Å². The highest BCUT2D eigenvalue weighted by molar-refractivity contribution is 6.14. The number of nitrogens with zero attached hydrogens (tertiary/aromatic N) is 3. The van der Waals surface area contributed by atoms with Crippen molar-refractivity contribution < 1.29 is 13.6 Å². The second-order valence-electron chi connectivity index (χ2n) is 8.14. The molecular weight excluding hydrogens is 410 g/mol. The van der Waals surface area contributed by atoms with Crippen LogP contribution in [-0.2, 0) is 4.79 Å². The van der Waals surface area contributed by atoms with Crippen molar-refractivity contribution in [3.8, 4) is 11.3 Å². The standard InChI is InChI=1S/C25H22F2N4O/c26-18-11-9-16(10-12-18)23-24(31(15-29-23)19-5-1-2-6-19)22-13-17(14-28-22)25(32)30-21-8-4-3-7-20(21)27/h3-4,7-12,14-15,19H,1-2,5-6,13H2,(H,30,32). The van der Waals surface area contributed by atoms with Crippen LogP contribution in [0.1, 0.15) is 43.8 Å². The molecule has 2 aliphatic rings. The minimum absolute atomic E-state index is 0.134. The topological polar surface area (TPSA) is 59.3 Å². The molecule has 7 heteroatoms. The predicted molar refractivity (Wildman–Crippen MR) is 119 cm³/mol. The van der Waals surface area contributed by atoms with Gasteiger partial charge in [-0.2, -0.15) is 0 Å². The van der Waals surface area contributed by atoms with Crippen molar-refractivity contribution in [2.75, 3.05) is 5.32 Å². The summed E-state index contributed by atoms with van der Waals surface area (Å²) in [4.78, 5) is 21.9. The van der Waals surface area contributed by atoms with Crippen LogP contribution < -0.4 is 5.32 Å². The van der Waals surface area contributed by atoms with Gasteiger partial charge in [-0.3, -0.25) is 9.79 Å². The van der Waals surface area contributed by atoms with Crippen LogP contribution in [0.25, 0.3) is 11.3 Å². The highest BCUT2D eigenvalue weighted by Crippen LogP contribution is 2.35. The molecule has 162 valence electrons. The first-order valence-corrected chi connectivity index (χ1v) is 10.7. The lowest BCUT2D eigenvalue weighted by atomic mass is 10.0. The Morgan fingerprint density at radius 2 is 1.78 bits per heavy atom. The minimum Gasteiger partial charge on any atom is -0.326 e. The van der Waals surface area contributed by atoms with Crippen molar-refractivity contribution in [1.29, 1.82) is 0 Å². The fourth-order valence-corrected chi connectivity index (χ4v) is 4.40. The van der Waals surface area contributed by atoms with E-state index in [2.05, 4.69) is 19.9 Å². The van der Waals surface area contributed by atoms with Crippen LogP contribution in [0, 0.1) is 11.6 Å². The van der Waals surface area contributed by atoms with Gasteiger partial charge in [-0.1, -0.05) is 25.0 Å². The summed E-state index contributed by atoms with van der Waals surface area (Å²) in [5.74, 6) is -1.18. The van der Waals surface area contributed by atoms with Gasteiger partial charge in [0.1, 0.15) is 11.6 Å². The van der Waals surface area contributed by atoms with Crippen LogP contribution in [0.3, 0.4) is 0 Å². The third-order valence-corrected chi connectivity index (χ3v) is 6.05. The van der Waals surface area contributed by atoms with Crippen molar-refractivity contribution in [3.63, 3.8) is 0 Å². The maximum absolute atomic E-state index is 13.9. The van der Waals surface area contributed by atoms with Gasteiger partial charge in [0.05, 0.1) is 29.1 Å². The second-order valence-corrected chi connectivity index (χ2v) is 8.14. The van der Waals surface area contributed by atoms with Crippen molar-refractivity contribution >= 4 is 17.3 Å². The van der Waals surface area contributed by atoms with Gasteiger partial charge in [-0.15, -0.1) is 0 Å². The zero-order valence-electron chi connectivity index (χ0n) is 17.4. The minimum atomic E-state index is -0.488. The Labute approximate surface area is 184 Å². The molecule has 1 saturated carbocycles. The van der Waals surface area contributed by atoms with Gasteiger partial charge in [0, 0.05) is 29.8 Å². The van der Waals surface area contributed by atoms with E-state index in [1.165, 1.54) is 30.5 Å². The molecule has 5 nitrogen and oxygen atoms in total. The molecule has 0 atom stereocenters. The lowest BCUT2D eigenvalue weighted by Crippen LogP contribution is -2.18. The first kappa shape index (κ1) is 20.3. The van der Waals surface area contributed by atoms with Crippen molar-refractivity contribution in [1.82, 2.24) is 9.55 Å². The number of benzene rings is 2. The van der Waals surface area contributed by atoms with Gasteiger partial charge >= 0.3 is 0 Å². The van der Waals surface area contributed by atoms with E-state index in [1.807, 2.05) is 6.33 Å². The van der Waals surface area contributed by atoms with Crippen LogP contribution in [0.5, 0.6) is 0 Å². The molecule has 2 aromatic carbocycles. The number of aliphatic imine (C=N–C) groups is 1. The Bertz CT molecular complexity index is 1220. The molecule has 1 aliphatic heterocycles. The zero-order chi connectivity index (χ0) is 22.1. The Morgan fingerprint density at radius 1 is 1.03 bits per heavy atom. The molecule has 1 aromatic heterocycles. The fraction of sp³-hybridized carbons (Fsp3) is 0.240. The highest BCUT2D eigenvalue weighted by atomic mass is 19.1. The first-order valence-electron chi connectivity index (χ1n) is 10.7. The van der Waals surface area contributed by atoms with Crippen LogP contribution in [0.2, 0.25) is 0 Å². The van der Waals surface area contributed by atoms with E-state index >= 15 is 0 Å². The maximum Gasteiger partial charge on any atom is 0.253 e. The van der Waals surface area contributed by atoms with Crippen molar-refractivity contribution in [3.05, 3.63) is 84.0 Å². The van der Waals surface area contributed by atoms with E-state index < -0.39 is 5.82 Å². The predicted octanol–water partition coefficient (Wildman–Crippen LogP) is 5.66. The number of hydrogen-bond donors (Lipinski definition) is 1. The van der Waals surface area contributed by atoms with Gasteiger partial charge in [-0.25, -0.2) is 13.8 Å². The number of rotatable bonds is 5. The van der Waals surface area contributed by atoms with Gasteiger partial charge in [-0.05, 0) is 49.2 Å². The monoisotopic (exact) mass is 432 g/mol. The van der Waals surface area contributed by atoms with E-state index in [1.54, 1.807) is 24.3 Å². The number of para-hydroxylation sites is 1. The third-order valence-electron chi connectivity index (χ3n) is 6.05. The van der Waals surface area contributed by atoms with Crippen molar-refractivity contribution in [2.24, 2.45) is 4.99 Å². The lowest BCUT2D eigenvalue weighted by molar-refractivity contribution is -0.112. The van der Waals surface area contributed by atoms with Crippen LogP contribution in [0.4, 0.5) is 14.5 Å². The molecule has 2 heterocycles. The quantitative estimate of drug-likeness (QED) is 0.566. The number of amides is 1. The fourth-order valence-electron chi connectivity index (χ4n) is 4.40. The van der Waals surface area contributed by atoms with Crippen LogP contribution >= 0.6 is 0 Å². The molecule has 1 N–H and O–H groups in total. The molecule has 0 saturated heterocycles.